The fraction of sp³-hybridized carbons (Fsp3) is 0.211. The molecule has 0 aliphatic carbocycles. The molecule has 0 spiro atoms. The molecule has 0 saturated carbocycles. The molecule has 3 nitrogen and oxygen atoms in total. The van der Waals surface area contributed by atoms with Crippen LogP contribution in [0.3, 0.4) is 0 Å². The van der Waals surface area contributed by atoms with Crippen LogP contribution >= 0.6 is 0 Å². The second kappa shape index (κ2) is 5.68. The molecule has 1 heterocycles. The number of aryl methyl sites for hydroxylation is 1. The molecule has 0 amide bonds. The van der Waals surface area contributed by atoms with Gasteiger partial charge < -0.3 is 9.52 Å². The molecule has 22 heavy (non-hydrogen) atoms. The van der Waals surface area contributed by atoms with Crippen LogP contribution in [-0.2, 0) is 6.42 Å². The first-order chi connectivity index (χ1) is 10.6. The van der Waals surface area contributed by atoms with Crippen molar-refractivity contribution in [2.24, 2.45) is 0 Å². The molecule has 3 heteroatoms. The Hall–Kier alpha value is -2.55. The van der Waals surface area contributed by atoms with Crippen LogP contribution in [0, 0.1) is 0 Å². The lowest BCUT2D eigenvalue weighted by Gasteiger charge is -2.14. The van der Waals surface area contributed by atoms with Crippen LogP contribution in [0.25, 0.3) is 11.0 Å². The van der Waals surface area contributed by atoms with Crippen molar-refractivity contribution in [1.82, 2.24) is 0 Å². The summed E-state index contributed by atoms with van der Waals surface area (Å²) in [7, 11) is 0. The monoisotopic (exact) mass is 294 g/mol. The highest BCUT2D eigenvalue weighted by Gasteiger charge is 2.20. The third-order valence-electron chi connectivity index (χ3n) is 4.14. The van der Waals surface area contributed by atoms with E-state index in [0.717, 1.165) is 12.0 Å². The summed E-state index contributed by atoms with van der Waals surface area (Å²) in [5.41, 5.74) is 2.45. The highest BCUT2D eigenvalue weighted by molar-refractivity contribution is 5.84. The van der Waals surface area contributed by atoms with Crippen LogP contribution in [0.1, 0.15) is 36.5 Å². The van der Waals surface area contributed by atoms with E-state index < -0.39 is 5.63 Å². The summed E-state index contributed by atoms with van der Waals surface area (Å²) in [6, 6.07) is 15.1. The maximum absolute atomic E-state index is 12.3. The van der Waals surface area contributed by atoms with E-state index in [9.17, 15) is 9.90 Å². The molecular weight excluding hydrogens is 276 g/mol. The van der Waals surface area contributed by atoms with Gasteiger partial charge in [-0.05, 0) is 29.7 Å². The number of aromatic hydroxyl groups is 1. The standard InChI is InChI=1S/C19H18O3/c1-3-13-8-10-14(11-9-13)12(2)17-18(20)15-6-4-5-7-16(15)22-19(17)21/h4-12,20H,3H2,1-2H3/t12-/m0/s1. The SMILES string of the molecule is CCc1ccc([C@H](C)c2c(O)c3ccccc3oc2=O)cc1. The molecule has 0 saturated heterocycles. The lowest BCUT2D eigenvalue weighted by molar-refractivity contribution is 0.453. The zero-order valence-corrected chi connectivity index (χ0v) is 12.7. The number of fused-ring (bicyclic) bond motifs is 1. The third kappa shape index (κ3) is 2.39. The summed E-state index contributed by atoms with van der Waals surface area (Å²) in [6.45, 7) is 4.00. The maximum Gasteiger partial charge on any atom is 0.343 e. The molecule has 0 radical (unpaired) electrons. The Bertz CT molecular complexity index is 860. The minimum Gasteiger partial charge on any atom is -0.507 e. The number of hydrogen-bond donors (Lipinski definition) is 1. The second-order valence-electron chi connectivity index (χ2n) is 5.46. The zero-order valence-electron chi connectivity index (χ0n) is 12.7. The van der Waals surface area contributed by atoms with Crippen molar-refractivity contribution in [3.63, 3.8) is 0 Å². The molecule has 0 aliphatic rings. The van der Waals surface area contributed by atoms with Crippen LogP contribution in [0.4, 0.5) is 0 Å². The van der Waals surface area contributed by atoms with Crippen LogP contribution in [0.15, 0.2) is 57.7 Å². The Balaban J connectivity index is 2.14. The summed E-state index contributed by atoms with van der Waals surface area (Å²) in [5.74, 6) is -0.217. The third-order valence-corrected chi connectivity index (χ3v) is 4.14. The van der Waals surface area contributed by atoms with Crippen LogP contribution < -0.4 is 5.63 Å². The van der Waals surface area contributed by atoms with E-state index >= 15 is 0 Å². The summed E-state index contributed by atoms with van der Waals surface area (Å²) in [4.78, 5) is 12.3. The molecule has 112 valence electrons. The van der Waals surface area contributed by atoms with Gasteiger partial charge in [0.1, 0.15) is 11.3 Å². The van der Waals surface area contributed by atoms with Crippen molar-refractivity contribution < 1.29 is 9.52 Å². The molecule has 0 aliphatic heterocycles. The van der Waals surface area contributed by atoms with Gasteiger partial charge in [0.25, 0.3) is 0 Å². The summed E-state index contributed by atoms with van der Waals surface area (Å²) < 4.78 is 5.35. The van der Waals surface area contributed by atoms with E-state index in [1.165, 1.54) is 5.56 Å². The first kappa shape index (κ1) is 14.4. The predicted molar refractivity (Wildman–Crippen MR) is 87.5 cm³/mol. The number of para-hydroxylation sites is 1. The van der Waals surface area contributed by atoms with E-state index in [1.807, 2.05) is 37.3 Å². The van der Waals surface area contributed by atoms with E-state index in [0.29, 0.717) is 16.5 Å². The van der Waals surface area contributed by atoms with Gasteiger partial charge in [-0.3, -0.25) is 0 Å². The largest absolute Gasteiger partial charge is 0.507 e. The highest BCUT2D eigenvalue weighted by Crippen LogP contribution is 2.33. The van der Waals surface area contributed by atoms with E-state index in [2.05, 4.69) is 6.92 Å². The van der Waals surface area contributed by atoms with Crippen molar-refractivity contribution in [2.45, 2.75) is 26.2 Å². The van der Waals surface area contributed by atoms with Crippen LogP contribution in [-0.4, -0.2) is 5.11 Å². The molecule has 0 fully saturated rings. The maximum atomic E-state index is 12.3. The quantitative estimate of drug-likeness (QED) is 0.736. The minimum atomic E-state index is -0.483. The van der Waals surface area contributed by atoms with Gasteiger partial charge in [0, 0.05) is 5.92 Å². The smallest absolute Gasteiger partial charge is 0.343 e. The lowest BCUT2D eigenvalue weighted by Crippen LogP contribution is -2.12. The molecule has 0 bridgehead atoms. The summed E-state index contributed by atoms with van der Waals surface area (Å²) in [5, 5.41) is 11.1. The minimum absolute atomic E-state index is 0.0129. The Kier molecular flexibility index (Phi) is 3.72. The molecule has 1 N–H and O–H groups in total. The normalized spacial score (nSPS) is 12.5. The van der Waals surface area contributed by atoms with Gasteiger partial charge in [-0.1, -0.05) is 50.2 Å². The Morgan fingerprint density at radius 1 is 1.09 bits per heavy atom. The Morgan fingerprint density at radius 2 is 1.77 bits per heavy atom. The van der Waals surface area contributed by atoms with Crippen molar-refractivity contribution in [3.05, 3.63) is 75.6 Å². The van der Waals surface area contributed by atoms with Crippen LogP contribution in [0.5, 0.6) is 5.75 Å². The van der Waals surface area contributed by atoms with Gasteiger partial charge in [0.2, 0.25) is 0 Å². The van der Waals surface area contributed by atoms with Crippen molar-refractivity contribution in [2.75, 3.05) is 0 Å². The van der Waals surface area contributed by atoms with Gasteiger partial charge >= 0.3 is 5.63 Å². The van der Waals surface area contributed by atoms with Crippen molar-refractivity contribution in [3.8, 4) is 5.75 Å². The van der Waals surface area contributed by atoms with Gasteiger partial charge in [-0.25, -0.2) is 4.79 Å². The fourth-order valence-electron chi connectivity index (χ4n) is 2.74. The zero-order chi connectivity index (χ0) is 15.7. The van der Waals surface area contributed by atoms with E-state index in [4.69, 9.17) is 4.42 Å². The number of rotatable bonds is 3. The average molecular weight is 294 g/mol. The molecule has 0 unspecified atom stereocenters. The van der Waals surface area contributed by atoms with Gasteiger partial charge in [0.05, 0.1) is 10.9 Å². The molecule has 3 aromatic rings. The summed E-state index contributed by atoms with van der Waals surface area (Å²) >= 11 is 0. The van der Waals surface area contributed by atoms with E-state index in [-0.39, 0.29) is 11.7 Å². The molecule has 3 rings (SSSR count). The number of benzene rings is 2. The highest BCUT2D eigenvalue weighted by atomic mass is 16.4. The summed E-state index contributed by atoms with van der Waals surface area (Å²) in [6.07, 6.45) is 0.970. The van der Waals surface area contributed by atoms with Crippen LogP contribution in [0.2, 0.25) is 0 Å². The first-order valence-corrected chi connectivity index (χ1v) is 7.45. The van der Waals surface area contributed by atoms with Crippen molar-refractivity contribution in [1.29, 1.82) is 0 Å². The average Bonchev–Trinajstić information content (AvgIpc) is 2.55. The predicted octanol–water partition coefficient (Wildman–Crippen LogP) is 4.21. The van der Waals surface area contributed by atoms with Gasteiger partial charge in [0.15, 0.2) is 0 Å². The Morgan fingerprint density at radius 3 is 2.45 bits per heavy atom. The molecule has 1 aromatic heterocycles. The van der Waals surface area contributed by atoms with Gasteiger partial charge in [-0.15, -0.1) is 0 Å². The van der Waals surface area contributed by atoms with E-state index in [1.54, 1.807) is 18.2 Å². The second-order valence-corrected chi connectivity index (χ2v) is 5.46. The molecular formula is C19H18O3. The molecule has 1 atom stereocenters. The number of hydrogen-bond acceptors (Lipinski definition) is 3. The van der Waals surface area contributed by atoms with Crippen molar-refractivity contribution >= 4 is 11.0 Å². The first-order valence-electron chi connectivity index (χ1n) is 7.45. The van der Waals surface area contributed by atoms with Gasteiger partial charge in [-0.2, -0.15) is 0 Å². The Labute approximate surface area is 128 Å². The topological polar surface area (TPSA) is 50.4 Å². The fourth-order valence-corrected chi connectivity index (χ4v) is 2.74. The molecule has 2 aromatic carbocycles. The lowest BCUT2D eigenvalue weighted by atomic mass is 9.92.